The van der Waals surface area contributed by atoms with Crippen LogP contribution in [0.5, 0.6) is 0 Å². The summed E-state index contributed by atoms with van der Waals surface area (Å²) in [4.78, 5) is 2.32. The largest absolute Gasteiger partial charge is 0.474 e. The normalized spacial score (nSPS) is 20.3. The molecule has 0 radical (unpaired) electrons. The molecule has 43 heavy (non-hydrogen) atoms. The van der Waals surface area contributed by atoms with Crippen LogP contribution in [-0.4, -0.2) is 13.1 Å². The molecule has 0 bridgehead atoms. The van der Waals surface area contributed by atoms with Gasteiger partial charge in [0.1, 0.15) is 23.8 Å². The van der Waals surface area contributed by atoms with E-state index in [1.165, 1.54) is 5.69 Å². The number of nitrogens with zero attached hydrogens (tertiary/aromatic N) is 4. The van der Waals surface area contributed by atoms with Gasteiger partial charge in [0.15, 0.2) is 16.9 Å². The standard InChI is InChI=1S/C36H34Cl2N4O/c1-6-42(7-2)29-13-10-24(11-14-29)8-9-25-16-26(20-35(3,4)19-25)17-31-30(23-41)34(27(21-39)22-40)43-36(31,5)28-12-15-32(37)33(38)18-28/h8-18H,6-7,19-20H2,1-5H3. The summed E-state index contributed by atoms with van der Waals surface area (Å²) in [7, 11) is 0. The van der Waals surface area contributed by atoms with E-state index in [9.17, 15) is 15.8 Å². The third-order valence-electron chi connectivity index (χ3n) is 7.93. The third kappa shape index (κ3) is 6.73. The minimum Gasteiger partial charge on any atom is -0.474 e. The summed E-state index contributed by atoms with van der Waals surface area (Å²) in [5, 5.41) is 30.3. The molecule has 1 atom stereocenters. The van der Waals surface area contributed by atoms with E-state index in [1.807, 2.05) is 25.1 Å². The highest BCUT2D eigenvalue weighted by atomic mass is 35.5. The van der Waals surface area contributed by atoms with Crippen molar-refractivity contribution in [3.63, 3.8) is 0 Å². The maximum atomic E-state index is 10.3. The highest BCUT2D eigenvalue weighted by molar-refractivity contribution is 6.42. The zero-order valence-corrected chi connectivity index (χ0v) is 26.6. The first kappa shape index (κ1) is 31.7. The average molecular weight is 610 g/mol. The molecule has 2 aromatic rings. The SMILES string of the molecule is CCN(CC)c1ccc(C=CC2=CC(=CC3=C(C#N)C(=C(C#N)C#N)OC3(C)c3ccc(Cl)c(Cl)c3)CC(C)(C)C2)cc1. The Bertz CT molecular complexity index is 1680. The first-order valence-corrected chi connectivity index (χ1v) is 15.0. The minimum atomic E-state index is -1.18. The molecular weight excluding hydrogens is 575 g/mol. The van der Waals surface area contributed by atoms with E-state index in [4.69, 9.17) is 27.9 Å². The number of hydrogen-bond donors (Lipinski definition) is 0. The third-order valence-corrected chi connectivity index (χ3v) is 8.67. The fraction of sp³-hybridized carbons (Fsp3) is 0.306. The van der Waals surface area contributed by atoms with E-state index < -0.39 is 5.60 Å². The minimum absolute atomic E-state index is 0.0275. The Morgan fingerprint density at radius 2 is 1.60 bits per heavy atom. The molecule has 1 heterocycles. The lowest BCUT2D eigenvalue weighted by molar-refractivity contribution is 0.0754. The Balaban J connectivity index is 1.81. The number of hydrogen-bond acceptors (Lipinski definition) is 5. The van der Waals surface area contributed by atoms with Crippen LogP contribution in [0.15, 0.2) is 94.3 Å². The molecule has 0 saturated carbocycles. The Hall–Kier alpha value is -4.21. The van der Waals surface area contributed by atoms with Crippen LogP contribution in [0.3, 0.4) is 0 Å². The van der Waals surface area contributed by atoms with E-state index in [0.29, 0.717) is 21.2 Å². The lowest BCUT2D eigenvalue weighted by atomic mass is 9.74. The van der Waals surface area contributed by atoms with Gasteiger partial charge >= 0.3 is 0 Å². The van der Waals surface area contributed by atoms with Crippen molar-refractivity contribution in [2.45, 2.75) is 53.1 Å². The molecule has 0 saturated heterocycles. The molecule has 0 amide bonds. The average Bonchev–Trinajstić information content (AvgIpc) is 3.26. The van der Waals surface area contributed by atoms with Gasteiger partial charge < -0.3 is 9.64 Å². The van der Waals surface area contributed by atoms with Crippen LogP contribution in [0.4, 0.5) is 5.69 Å². The van der Waals surface area contributed by atoms with Crippen molar-refractivity contribution in [3.8, 4) is 18.2 Å². The van der Waals surface area contributed by atoms with E-state index >= 15 is 0 Å². The molecule has 2 aliphatic rings. The van der Waals surface area contributed by atoms with Crippen molar-refractivity contribution in [2.75, 3.05) is 18.0 Å². The Morgan fingerprint density at radius 3 is 2.19 bits per heavy atom. The smallest absolute Gasteiger partial charge is 0.172 e. The van der Waals surface area contributed by atoms with Crippen molar-refractivity contribution < 1.29 is 4.74 Å². The highest BCUT2D eigenvalue weighted by Crippen LogP contribution is 2.49. The zero-order valence-electron chi connectivity index (χ0n) is 25.1. The van der Waals surface area contributed by atoms with Crippen LogP contribution in [-0.2, 0) is 10.3 Å². The molecule has 0 N–H and O–H groups in total. The van der Waals surface area contributed by atoms with Crippen molar-refractivity contribution in [3.05, 3.63) is 115 Å². The van der Waals surface area contributed by atoms with Gasteiger partial charge in [-0.3, -0.25) is 0 Å². The fourth-order valence-electron chi connectivity index (χ4n) is 5.78. The molecular formula is C36H34Cl2N4O. The van der Waals surface area contributed by atoms with Gasteiger partial charge in [-0.05, 0) is 86.1 Å². The van der Waals surface area contributed by atoms with E-state index in [1.54, 1.807) is 18.2 Å². The second-order valence-corrected chi connectivity index (χ2v) is 12.5. The Labute approximate surface area is 264 Å². The summed E-state index contributed by atoms with van der Waals surface area (Å²) >= 11 is 12.6. The highest BCUT2D eigenvalue weighted by Gasteiger charge is 2.44. The lowest BCUT2D eigenvalue weighted by Crippen LogP contribution is -2.24. The van der Waals surface area contributed by atoms with Gasteiger partial charge in [-0.25, -0.2) is 0 Å². The van der Waals surface area contributed by atoms with Crippen LogP contribution >= 0.6 is 23.2 Å². The molecule has 0 aromatic heterocycles. The van der Waals surface area contributed by atoms with Crippen LogP contribution in [0.25, 0.3) is 6.08 Å². The Kier molecular flexibility index (Phi) is 9.57. The zero-order chi connectivity index (χ0) is 31.4. The summed E-state index contributed by atoms with van der Waals surface area (Å²) in [6.45, 7) is 12.5. The number of nitriles is 3. The Morgan fingerprint density at radius 1 is 0.930 bits per heavy atom. The van der Waals surface area contributed by atoms with E-state index in [2.05, 4.69) is 81.2 Å². The summed E-state index contributed by atoms with van der Waals surface area (Å²) in [5.74, 6) is -0.0275. The molecule has 0 spiro atoms. The van der Waals surface area contributed by atoms with Gasteiger partial charge in [-0.2, -0.15) is 15.8 Å². The van der Waals surface area contributed by atoms with Crippen molar-refractivity contribution in [1.29, 1.82) is 15.8 Å². The molecule has 2 aromatic carbocycles. The van der Waals surface area contributed by atoms with Gasteiger partial charge in [-0.15, -0.1) is 0 Å². The molecule has 7 heteroatoms. The maximum absolute atomic E-state index is 10.3. The maximum Gasteiger partial charge on any atom is 0.172 e. The predicted octanol–water partition coefficient (Wildman–Crippen LogP) is 9.59. The quantitative estimate of drug-likeness (QED) is 0.292. The summed E-state index contributed by atoms with van der Waals surface area (Å²) in [6, 6.07) is 19.7. The van der Waals surface area contributed by atoms with Crippen LogP contribution in [0.2, 0.25) is 10.0 Å². The van der Waals surface area contributed by atoms with Gasteiger partial charge in [-0.1, -0.05) is 73.5 Å². The summed E-state index contributed by atoms with van der Waals surface area (Å²) in [5.41, 5.74) is 4.39. The summed E-state index contributed by atoms with van der Waals surface area (Å²) < 4.78 is 6.31. The molecule has 0 fully saturated rings. The number of benzene rings is 2. The van der Waals surface area contributed by atoms with Crippen molar-refractivity contribution >= 4 is 35.0 Å². The molecule has 1 aliphatic carbocycles. The molecule has 4 rings (SSSR count). The monoisotopic (exact) mass is 608 g/mol. The molecule has 5 nitrogen and oxygen atoms in total. The van der Waals surface area contributed by atoms with Gasteiger partial charge in [0.05, 0.1) is 10.0 Å². The fourth-order valence-corrected chi connectivity index (χ4v) is 6.08. The second-order valence-electron chi connectivity index (χ2n) is 11.6. The first-order chi connectivity index (χ1) is 20.5. The first-order valence-electron chi connectivity index (χ1n) is 14.3. The predicted molar refractivity (Wildman–Crippen MR) is 174 cm³/mol. The van der Waals surface area contributed by atoms with Gasteiger partial charge in [0, 0.05) is 29.9 Å². The van der Waals surface area contributed by atoms with Gasteiger partial charge in [0.25, 0.3) is 0 Å². The topological polar surface area (TPSA) is 83.8 Å². The van der Waals surface area contributed by atoms with Crippen LogP contribution in [0.1, 0.15) is 58.6 Å². The number of allylic oxidation sites excluding steroid dienone is 6. The number of halogens is 2. The van der Waals surface area contributed by atoms with Crippen LogP contribution in [0, 0.1) is 39.4 Å². The molecule has 1 aliphatic heterocycles. The van der Waals surface area contributed by atoms with Crippen molar-refractivity contribution in [2.24, 2.45) is 5.41 Å². The van der Waals surface area contributed by atoms with E-state index in [-0.39, 0.29) is 22.3 Å². The molecule has 1 unspecified atom stereocenters. The number of ether oxygens (including phenoxy) is 1. The number of rotatable bonds is 7. The second kappa shape index (κ2) is 13.0. The lowest BCUT2D eigenvalue weighted by Gasteiger charge is -2.32. The number of anilines is 1. The summed E-state index contributed by atoms with van der Waals surface area (Å²) in [6.07, 6.45) is 10.1. The molecule has 218 valence electrons. The van der Waals surface area contributed by atoms with Crippen molar-refractivity contribution in [1.82, 2.24) is 0 Å². The van der Waals surface area contributed by atoms with E-state index in [0.717, 1.165) is 42.6 Å². The van der Waals surface area contributed by atoms with Gasteiger partial charge in [0.2, 0.25) is 0 Å². The van der Waals surface area contributed by atoms with Crippen LogP contribution < -0.4 is 4.90 Å².